The van der Waals surface area contributed by atoms with Gasteiger partial charge in [-0.05, 0) is 43.6 Å². The molecule has 0 unspecified atom stereocenters. The van der Waals surface area contributed by atoms with E-state index in [1.807, 2.05) is 0 Å². The van der Waals surface area contributed by atoms with Crippen LogP contribution in [0.15, 0.2) is 6.20 Å². The van der Waals surface area contributed by atoms with E-state index in [9.17, 15) is 4.79 Å². The first kappa shape index (κ1) is 15.1. The minimum Gasteiger partial charge on any atom is -0.381 e. The molecule has 126 valence electrons. The Hall–Kier alpha value is -1.40. The predicted molar refractivity (Wildman–Crippen MR) is 83.9 cm³/mol. The van der Waals surface area contributed by atoms with Crippen molar-refractivity contribution in [1.29, 1.82) is 0 Å². The van der Waals surface area contributed by atoms with Gasteiger partial charge in [0, 0.05) is 38.4 Å². The number of ether oxygens (including phenoxy) is 2. The number of carbonyl (C=O) groups is 1. The number of fused-ring (bicyclic) bond motifs is 1. The summed E-state index contributed by atoms with van der Waals surface area (Å²) in [6.07, 6.45) is 7.27. The Labute approximate surface area is 136 Å². The van der Waals surface area contributed by atoms with Crippen LogP contribution in [0, 0.1) is 11.8 Å². The van der Waals surface area contributed by atoms with Crippen LogP contribution < -0.4 is 5.32 Å². The van der Waals surface area contributed by atoms with Crippen LogP contribution in [-0.4, -0.2) is 42.1 Å². The van der Waals surface area contributed by atoms with Gasteiger partial charge in [0.25, 0.3) is 0 Å². The number of nitrogens with zero attached hydrogens (tertiary/aromatic N) is 2. The van der Waals surface area contributed by atoms with Crippen molar-refractivity contribution in [3.8, 4) is 0 Å². The van der Waals surface area contributed by atoms with E-state index < -0.39 is 0 Å². The van der Waals surface area contributed by atoms with Crippen LogP contribution in [-0.2, 0) is 27.2 Å². The van der Waals surface area contributed by atoms with Crippen molar-refractivity contribution in [3.05, 3.63) is 17.5 Å². The molecule has 1 aliphatic carbocycles. The molecular formula is C17H25N3O3. The molecule has 1 saturated heterocycles. The molecule has 2 fully saturated rings. The average Bonchev–Trinajstić information content (AvgIpc) is 3.29. The van der Waals surface area contributed by atoms with Crippen LogP contribution in [0.5, 0.6) is 0 Å². The van der Waals surface area contributed by atoms with Gasteiger partial charge < -0.3 is 14.8 Å². The molecule has 23 heavy (non-hydrogen) atoms. The zero-order valence-corrected chi connectivity index (χ0v) is 13.5. The highest BCUT2D eigenvalue weighted by molar-refractivity contribution is 5.78. The monoisotopic (exact) mass is 319 g/mol. The van der Waals surface area contributed by atoms with E-state index in [4.69, 9.17) is 14.6 Å². The Morgan fingerprint density at radius 2 is 2.09 bits per heavy atom. The Morgan fingerprint density at radius 1 is 1.26 bits per heavy atom. The Morgan fingerprint density at radius 3 is 2.87 bits per heavy atom. The van der Waals surface area contributed by atoms with Crippen LogP contribution in [0.4, 0.5) is 0 Å². The summed E-state index contributed by atoms with van der Waals surface area (Å²) < 4.78 is 13.2. The smallest absolute Gasteiger partial charge is 0.223 e. The summed E-state index contributed by atoms with van der Waals surface area (Å²) in [5.41, 5.74) is 2.30. The third kappa shape index (κ3) is 3.58. The molecule has 2 aliphatic heterocycles. The zero-order valence-electron chi connectivity index (χ0n) is 13.5. The largest absolute Gasteiger partial charge is 0.381 e. The van der Waals surface area contributed by atoms with Crippen molar-refractivity contribution < 1.29 is 14.3 Å². The van der Waals surface area contributed by atoms with Gasteiger partial charge in [-0.2, -0.15) is 5.10 Å². The van der Waals surface area contributed by atoms with Gasteiger partial charge in [0.2, 0.25) is 5.91 Å². The van der Waals surface area contributed by atoms with E-state index in [1.54, 1.807) is 0 Å². The third-order valence-corrected chi connectivity index (χ3v) is 5.06. The third-order valence-electron chi connectivity index (χ3n) is 5.06. The van der Waals surface area contributed by atoms with Crippen molar-refractivity contribution in [2.75, 3.05) is 26.4 Å². The normalized spacial score (nSPS) is 25.1. The highest BCUT2D eigenvalue weighted by atomic mass is 16.5. The Bertz CT molecular complexity index is 561. The lowest BCUT2D eigenvalue weighted by Gasteiger charge is -2.25. The first-order valence-corrected chi connectivity index (χ1v) is 8.83. The van der Waals surface area contributed by atoms with E-state index >= 15 is 0 Å². The van der Waals surface area contributed by atoms with Crippen LogP contribution in [0.1, 0.15) is 43.0 Å². The maximum absolute atomic E-state index is 12.3. The van der Waals surface area contributed by atoms with Crippen LogP contribution >= 0.6 is 0 Å². The van der Waals surface area contributed by atoms with Gasteiger partial charge in [0.1, 0.15) is 6.10 Å². The maximum Gasteiger partial charge on any atom is 0.223 e. The standard InChI is InChI=1S/C17H25N3O3/c21-17(13-3-6-22-7-4-13)18-9-15-16-14(5-8-23-15)11-20(19-16)10-12-1-2-12/h11-13,15H,1-10H2,(H,18,21)/t15-/m1/s1. The molecule has 4 rings (SSSR count). The molecule has 0 spiro atoms. The predicted octanol–water partition coefficient (Wildman–Crippen LogP) is 1.45. The lowest BCUT2D eigenvalue weighted by molar-refractivity contribution is -0.128. The molecule has 1 N–H and O–H groups in total. The van der Waals surface area contributed by atoms with Gasteiger partial charge in [0.05, 0.1) is 12.3 Å². The highest BCUT2D eigenvalue weighted by Gasteiger charge is 2.29. The topological polar surface area (TPSA) is 65.4 Å². The molecule has 0 bridgehead atoms. The van der Waals surface area contributed by atoms with Crippen molar-refractivity contribution in [3.63, 3.8) is 0 Å². The summed E-state index contributed by atoms with van der Waals surface area (Å²) in [6, 6.07) is 0. The number of carbonyl (C=O) groups excluding carboxylic acids is 1. The molecule has 0 radical (unpaired) electrons. The molecule has 1 aromatic rings. The van der Waals surface area contributed by atoms with Gasteiger partial charge in [0.15, 0.2) is 0 Å². The lowest BCUT2D eigenvalue weighted by atomic mass is 9.99. The average molecular weight is 319 g/mol. The van der Waals surface area contributed by atoms with Gasteiger partial charge >= 0.3 is 0 Å². The lowest BCUT2D eigenvalue weighted by Crippen LogP contribution is -2.37. The van der Waals surface area contributed by atoms with Gasteiger partial charge in [-0.3, -0.25) is 9.48 Å². The zero-order chi connectivity index (χ0) is 15.6. The van der Waals surface area contributed by atoms with E-state index in [1.165, 1.54) is 18.4 Å². The molecule has 0 aromatic carbocycles. The Balaban J connectivity index is 1.36. The molecule has 1 amide bonds. The minimum atomic E-state index is -0.108. The SMILES string of the molecule is O=C(NC[C@H]1OCCc2cn(CC3CC3)nc21)C1CCOCC1. The minimum absolute atomic E-state index is 0.0826. The van der Waals surface area contributed by atoms with Gasteiger partial charge in [-0.15, -0.1) is 0 Å². The summed E-state index contributed by atoms with van der Waals surface area (Å²) in [5, 5.41) is 7.78. The van der Waals surface area contributed by atoms with Crippen molar-refractivity contribution in [1.82, 2.24) is 15.1 Å². The molecule has 6 heteroatoms. The molecule has 1 atom stereocenters. The quantitative estimate of drug-likeness (QED) is 0.892. The van der Waals surface area contributed by atoms with E-state index in [0.717, 1.165) is 37.4 Å². The van der Waals surface area contributed by atoms with Crippen LogP contribution in [0.3, 0.4) is 0 Å². The van der Waals surface area contributed by atoms with Crippen LogP contribution in [0.2, 0.25) is 0 Å². The molecule has 1 saturated carbocycles. The van der Waals surface area contributed by atoms with Crippen molar-refractivity contribution in [2.24, 2.45) is 11.8 Å². The molecular weight excluding hydrogens is 294 g/mol. The highest BCUT2D eigenvalue weighted by Crippen LogP contribution is 2.32. The first-order valence-electron chi connectivity index (χ1n) is 8.83. The van der Waals surface area contributed by atoms with Crippen molar-refractivity contribution in [2.45, 2.75) is 44.8 Å². The fourth-order valence-electron chi connectivity index (χ4n) is 3.44. The van der Waals surface area contributed by atoms with Crippen molar-refractivity contribution >= 4 is 5.91 Å². The number of hydrogen-bond acceptors (Lipinski definition) is 4. The number of hydrogen-bond donors (Lipinski definition) is 1. The van der Waals surface area contributed by atoms with E-state index in [0.29, 0.717) is 26.4 Å². The molecule has 6 nitrogen and oxygen atoms in total. The fourth-order valence-corrected chi connectivity index (χ4v) is 3.44. The summed E-state index contributed by atoms with van der Waals surface area (Å²) in [7, 11) is 0. The summed E-state index contributed by atoms with van der Waals surface area (Å²) >= 11 is 0. The number of nitrogens with one attached hydrogen (secondary N) is 1. The number of aromatic nitrogens is 2. The van der Waals surface area contributed by atoms with E-state index in [-0.39, 0.29) is 17.9 Å². The maximum atomic E-state index is 12.3. The molecule has 3 heterocycles. The Kier molecular flexibility index (Phi) is 4.35. The summed E-state index contributed by atoms with van der Waals surface area (Å²) in [4.78, 5) is 12.3. The molecule has 3 aliphatic rings. The number of amides is 1. The second-order valence-corrected chi connectivity index (χ2v) is 6.95. The second-order valence-electron chi connectivity index (χ2n) is 6.95. The summed E-state index contributed by atoms with van der Waals surface area (Å²) in [6.45, 7) is 3.62. The number of rotatable bonds is 5. The van der Waals surface area contributed by atoms with Gasteiger partial charge in [-0.1, -0.05) is 0 Å². The second kappa shape index (κ2) is 6.61. The molecule has 1 aromatic heterocycles. The van der Waals surface area contributed by atoms with Gasteiger partial charge in [-0.25, -0.2) is 0 Å². The first-order chi connectivity index (χ1) is 11.3. The van der Waals surface area contributed by atoms with Crippen LogP contribution in [0.25, 0.3) is 0 Å². The summed E-state index contributed by atoms with van der Waals surface area (Å²) in [5.74, 6) is 1.02. The van der Waals surface area contributed by atoms with E-state index in [2.05, 4.69) is 16.2 Å². The fraction of sp³-hybridized carbons (Fsp3) is 0.765.